The lowest BCUT2D eigenvalue weighted by molar-refractivity contribution is 0.306. The fraction of sp³-hybridized carbons (Fsp3) is 0.143. The van der Waals surface area contributed by atoms with E-state index in [1.165, 1.54) is 19.2 Å². The number of nitrogens with one attached hydrogen (secondary N) is 1. The second-order valence-corrected chi connectivity index (χ2v) is 6.04. The van der Waals surface area contributed by atoms with Crippen molar-refractivity contribution in [2.75, 3.05) is 12.8 Å². The number of ether oxygens (including phenoxy) is 1. The number of anilines is 1. The number of rotatable bonds is 5. The minimum atomic E-state index is -3.54. The molecule has 0 aromatic heterocycles. The molecule has 2 aromatic rings. The number of hydrogen-bond acceptors (Lipinski definition) is 4. The van der Waals surface area contributed by atoms with E-state index in [1.807, 2.05) is 30.3 Å². The zero-order chi connectivity index (χ0) is 14.6. The highest BCUT2D eigenvalue weighted by molar-refractivity contribution is 7.89. The van der Waals surface area contributed by atoms with Gasteiger partial charge in [-0.15, -0.1) is 0 Å². The van der Waals surface area contributed by atoms with Gasteiger partial charge in [0.15, 0.2) is 0 Å². The first-order valence-corrected chi connectivity index (χ1v) is 7.51. The van der Waals surface area contributed by atoms with Crippen molar-refractivity contribution in [1.29, 1.82) is 0 Å². The first-order valence-electron chi connectivity index (χ1n) is 6.03. The summed E-state index contributed by atoms with van der Waals surface area (Å²) in [7, 11) is -2.20. The quantitative estimate of drug-likeness (QED) is 0.823. The molecule has 0 fully saturated rings. The fourth-order valence-electron chi connectivity index (χ4n) is 1.71. The van der Waals surface area contributed by atoms with Gasteiger partial charge in [0.2, 0.25) is 10.0 Å². The van der Waals surface area contributed by atoms with Crippen LogP contribution in [0.25, 0.3) is 0 Å². The molecule has 20 heavy (non-hydrogen) atoms. The van der Waals surface area contributed by atoms with Crippen LogP contribution in [0.2, 0.25) is 0 Å². The summed E-state index contributed by atoms with van der Waals surface area (Å²) in [6, 6.07) is 14.2. The zero-order valence-corrected chi connectivity index (χ0v) is 11.9. The Morgan fingerprint density at radius 2 is 1.85 bits per heavy atom. The van der Waals surface area contributed by atoms with Crippen molar-refractivity contribution >= 4 is 15.7 Å². The SMILES string of the molecule is CNS(=O)(=O)c1ccc(OCc2ccccc2)cc1N. The molecule has 0 unspecified atom stereocenters. The van der Waals surface area contributed by atoms with Gasteiger partial charge < -0.3 is 10.5 Å². The minimum Gasteiger partial charge on any atom is -0.489 e. The van der Waals surface area contributed by atoms with Crippen LogP contribution in [-0.2, 0) is 16.6 Å². The highest BCUT2D eigenvalue weighted by Gasteiger charge is 2.15. The predicted molar refractivity (Wildman–Crippen MR) is 77.9 cm³/mol. The van der Waals surface area contributed by atoms with Gasteiger partial charge in [-0.2, -0.15) is 0 Å². The maximum atomic E-state index is 11.7. The molecule has 3 N–H and O–H groups in total. The molecule has 0 saturated heterocycles. The van der Waals surface area contributed by atoms with Gasteiger partial charge >= 0.3 is 0 Å². The molecule has 5 nitrogen and oxygen atoms in total. The Labute approximate surface area is 118 Å². The molecule has 0 spiro atoms. The van der Waals surface area contributed by atoms with Crippen molar-refractivity contribution < 1.29 is 13.2 Å². The Balaban J connectivity index is 2.14. The van der Waals surface area contributed by atoms with Crippen molar-refractivity contribution in [1.82, 2.24) is 4.72 Å². The van der Waals surface area contributed by atoms with Crippen LogP contribution in [0.4, 0.5) is 5.69 Å². The second kappa shape index (κ2) is 5.94. The molecular formula is C14H16N2O3S. The van der Waals surface area contributed by atoms with Gasteiger partial charge in [0.05, 0.1) is 5.69 Å². The Kier molecular flexibility index (Phi) is 4.26. The van der Waals surface area contributed by atoms with Crippen LogP contribution < -0.4 is 15.2 Å². The number of benzene rings is 2. The van der Waals surface area contributed by atoms with E-state index in [4.69, 9.17) is 10.5 Å². The van der Waals surface area contributed by atoms with Crippen molar-refractivity contribution in [2.45, 2.75) is 11.5 Å². The number of nitrogens with two attached hydrogens (primary N) is 1. The molecule has 0 atom stereocenters. The number of sulfonamides is 1. The topological polar surface area (TPSA) is 81.4 Å². The first-order chi connectivity index (χ1) is 9.53. The molecular weight excluding hydrogens is 276 g/mol. The maximum absolute atomic E-state index is 11.7. The molecule has 0 saturated carbocycles. The van der Waals surface area contributed by atoms with Crippen LogP contribution in [-0.4, -0.2) is 15.5 Å². The van der Waals surface area contributed by atoms with E-state index in [9.17, 15) is 8.42 Å². The summed E-state index contributed by atoms with van der Waals surface area (Å²) in [5, 5.41) is 0. The standard InChI is InChI=1S/C14H16N2O3S/c1-16-20(17,18)14-8-7-12(9-13(14)15)19-10-11-5-3-2-4-6-11/h2-9,16H,10,15H2,1H3. The number of hydrogen-bond donors (Lipinski definition) is 2. The summed E-state index contributed by atoms with van der Waals surface area (Å²) in [6.45, 7) is 0.401. The van der Waals surface area contributed by atoms with Gasteiger partial charge in [0, 0.05) is 6.07 Å². The van der Waals surface area contributed by atoms with Crippen molar-refractivity contribution in [2.24, 2.45) is 0 Å². The first kappa shape index (κ1) is 14.4. The average Bonchev–Trinajstić information content (AvgIpc) is 2.46. The molecule has 2 aromatic carbocycles. The van der Waals surface area contributed by atoms with Crippen molar-refractivity contribution in [3.8, 4) is 5.75 Å². The molecule has 0 aliphatic rings. The lowest BCUT2D eigenvalue weighted by Gasteiger charge is -2.10. The number of nitrogen functional groups attached to an aromatic ring is 1. The van der Waals surface area contributed by atoms with E-state index in [1.54, 1.807) is 6.07 Å². The van der Waals surface area contributed by atoms with Crippen LogP contribution in [0.1, 0.15) is 5.56 Å². The summed E-state index contributed by atoms with van der Waals surface area (Å²) in [4.78, 5) is 0.0482. The van der Waals surface area contributed by atoms with E-state index in [0.717, 1.165) is 5.56 Å². The molecule has 0 heterocycles. The lowest BCUT2D eigenvalue weighted by Crippen LogP contribution is -2.19. The highest BCUT2D eigenvalue weighted by Crippen LogP contribution is 2.24. The van der Waals surface area contributed by atoms with E-state index in [-0.39, 0.29) is 10.6 Å². The molecule has 0 bridgehead atoms. The zero-order valence-electron chi connectivity index (χ0n) is 11.0. The van der Waals surface area contributed by atoms with Gasteiger partial charge in [0.25, 0.3) is 0 Å². The minimum absolute atomic E-state index is 0.0482. The van der Waals surface area contributed by atoms with Gasteiger partial charge in [-0.3, -0.25) is 0 Å². The molecule has 0 aliphatic heterocycles. The summed E-state index contributed by atoms with van der Waals surface area (Å²) >= 11 is 0. The Morgan fingerprint density at radius 1 is 1.15 bits per heavy atom. The van der Waals surface area contributed by atoms with Crippen LogP contribution in [0.15, 0.2) is 53.4 Å². The average molecular weight is 292 g/mol. The molecule has 6 heteroatoms. The highest BCUT2D eigenvalue weighted by atomic mass is 32.2. The normalized spacial score (nSPS) is 11.2. The Morgan fingerprint density at radius 3 is 2.45 bits per heavy atom. The van der Waals surface area contributed by atoms with Crippen LogP contribution in [0.3, 0.4) is 0 Å². The Hall–Kier alpha value is -2.05. The van der Waals surface area contributed by atoms with Crippen LogP contribution >= 0.6 is 0 Å². The van der Waals surface area contributed by atoms with Gasteiger partial charge in [-0.1, -0.05) is 30.3 Å². The lowest BCUT2D eigenvalue weighted by atomic mass is 10.2. The predicted octanol–water partition coefficient (Wildman–Crippen LogP) is 1.76. The summed E-state index contributed by atoms with van der Waals surface area (Å²) in [5.74, 6) is 0.529. The van der Waals surface area contributed by atoms with Crippen molar-refractivity contribution in [3.05, 3.63) is 54.1 Å². The van der Waals surface area contributed by atoms with Crippen molar-refractivity contribution in [3.63, 3.8) is 0 Å². The molecule has 106 valence electrons. The summed E-state index contributed by atoms with van der Waals surface area (Å²) < 4.78 is 31.2. The third-order valence-corrected chi connectivity index (χ3v) is 4.28. The summed E-state index contributed by atoms with van der Waals surface area (Å²) in [5.41, 5.74) is 6.94. The van der Waals surface area contributed by atoms with E-state index >= 15 is 0 Å². The maximum Gasteiger partial charge on any atom is 0.242 e. The third kappa shape index (κ3) is 3.28. The molecule has 2 rings (SSSR count). The second-order valence-electron chi connectivity index (χ2n) is 4.18. The van der Waals surface area contributed by atoms with Gasteiger partial charge in [-0.05, 0) is 24.7 Å². The van der Waals surface area contributed by atoms with Crippen LogP contribution in [0, 0.1) is 0 Å². The van der Waals surface area contributed by atoms with Gasteiger partial charge in [-0.25, -0.2) is 13.1 Å². The monoisotopic (exact) mass is 292 g/mol. The van der Waals surface area contributed by atoms with E-state index < -0.39 is 10.0 Å². The molecule has 0 aliphatic carbocycles. The van der Waals surface area contributed by atoms with Crippen LogP contribution in [0.5, 0.6) is 5.75 Å². The Bertz CT molecular complexity index is 685. The summed E-state index contributed by atoms with van der Waals surface area (Å²) in [6.07, 6.45) is 0. The fourth-order valence-corrected chi connectivity index (χ4v) is 2.55. The molecule has 0 radical (unpaired) electrons. The molecule has 0 amide bonds. The van der Waals surface area contributed by atoms with E-state index in [0.29, 0.717) is 12.4 Å². The van der Waals surface area contributed by atoms with E-state index in [2.05, 4.69) is 4.72 Å². The third-order valence-electron chi connectivity index (χ3n) is 2.79. The largest absolute Gasteiger partial charge is 0.489 e. The smallest absolute Gasteiger partial charge is 0.242 e. The van der Waals surface area contributed by atoms with Gasteiger partial charge in [0.1, 0.15) is 17.3 Å².